The van der Waals surface area contributed by atoms with Gasteiger partial charge in [0.05, 0.1) is 0 Å². The molecule has 0 aliphatic rings. The molecule has 20 heavy (non-hydrogen) atoms. The SMILES string of the molecule is CC(=O)OC(=O)[C@H](O)c1c(C)cc(C(C)(C)C)cc1C. The highest BCUT2D eigenvalue weighted by Gasteiger charge is 2.25. The molecule has 1 aromatic carbocycles. The third-order valence-electron chi connectivity index (χ3n) is 3.20. The van der Waals surface area contributed by atoms with Crippen LogP contribution in [-0.2, 0) is 19.7 Å². The van der Waals surface area contributed by atoms with E-state index in [1.54, 1.807) is 0 Å². The topological polar surface area (TPSA) is 63.6 Å². The second kappa shape index (κ2) is 5.75. The molecule has 0 aliphatic carbocycles. The van der Waals surface area contributed by atoms with Crippen LogP contribution in [0.4, 0.5) is 0 Å². The van der Waals surface area contributed by atoms with Gasteiger partial charge in [-0.05, 0) is 41.5 Å². The molecule has 0 saturated carbocycles. The van der Waals surface area contributed by atoms with E-state index in [0.717, 1.165) is 23.6 Å². The Hall–Kier alpha value is -1.68. The summed E-state index contributed by atoms with van der Waals surface area (Å²) in [6.45, 7) is 11.1. The van der Waals surface area contributed by atoms with Crippen molar-refractivity contribution in [1.82, 2.24) is 0 Å². The average Bonchev–Trinajstić information content (AvgIpc) is 2.25. The molecule has 1 N–H and O–H groups in total. The molecular formula is C16H22O4. The van der Waals surface area contributed by atoms with Gasteiger partial charge in [0.1, 0.15) is 0 Å². The average molecular weight is 278 g/mol. The lowest BCUT2D eigenvalue weighted by Gasteiger charge is -2.23. The minimum absolute atomic E-state index is 0.0150. The lowest BCUT2D eigenvalue weighted by Crippen LogP contribution is -2.20. The van der Waals surface area contributed by atoms with Crippen LogP contribution in [0.15, 0.2) is 12.1 Å². The summed E-state index contributed by atoms with van der Waals surface area (Å²) in [6, 6.07) is 3.90. The zero-order chi connectivity index (χ0) is 15.7. The molecule has 0 fully saturated rings. The standard InChI is InChI=1S/C16H22O4/c1-9-7-12(16(4,5)6)8-10(2)13(9)14(18)15(19)20-11(3)17/h7-8,14,18H,1-6H3/t14-/m1/s1. The van der Waals surface area contributed by atoms with Crippen LogP contribution in [0.2, 0.25) is 0 Å². The van der Waals surface area contributed by atoms with Gasteiger partial charge in [0.2, 0.25) is 0 Å². The molecule has 1 atom stereocenters. The van der Waals surface area contributed by atoms with E-state index >= 15 is 0 Å². The van der Waals surface area contributed by atoms with Crippen molar-refractivity contribution in [3.05, 3.63) is 34.4 Å². The molecular weight excluding hydrogens is 256 g/mol. The molecule has 0 heterocycles. The fraction of sp³-hybridized carbons (Fsp3) is 0.500. The second-order valence-corrected chi connectivity index (χ2v) is 6.09. The van der Waals surface area contributed by atoms with Crippen molar-refractivity contribution in [3.63, 3.8) is 0 Å². The first-order chi connectivity index (χ1) is 9.04. The van der Waals surface area contributed by atoms with E-state index in [1.807, 2.05) is 26.0 Å². The van der Waals surface area contributed by atoms with Gasteiger partial charge < -0.3 is 9.84 Å². The number of aliphatic hydroxyl groups excluding tert-OH is 1. The Balaban J connectivity index is 3.20. The second-order valence-electron chi connectivity index (χ2n) is 6.09. The van der Waals surface area contributed by atoms with E-state index in [1.165, 1.54) is 0 Å². The lowest BCUT2D eigenvalue weighted by atomic mass is 9.83. The predicted octanol–water partition coefficient (Wildman–Crippen LogP) is 2.72. The maximum Gasteiger partial charge on any atom is 0.347 e. The van der Waals surface area contributed by atoms with Gasteiger partial charge in [0.15, 0.2) is 6.10 Å². The summed E-state index contributed by atoms with van der Waals surface area (Å²) < 4.78 is 4.45. The number of carbonyl (C=O) groups is 2. The molecule has 1 aromatic rings. The smallest absolute Gasteiger partial charge is 0.347 e. The summed E-state index contributed by atoms with van der Waals surface area (Å²) in [4.78, 5) is 22.4. The number of hydrogen-bond donors (Lipinski definition) is 1. The number of carbonyl (C=O) groups excluding carboxylic acids is 2. The Morgan fingerprint density at radius 3 is 1.95 bits per heavy atom. The lowest BCUT2D eigenvalue weighted by molar-refractivity contribution is -0.164. The highest BCUT2D eigenvalue weighted by molar-refractivity contribution is 5.87. The summed E-state index contributed by atoms with van der Waals surface area (Å²) in [6.07, 6.45) is -1.44. The fourth-order valence-electron chi connectivity index (χ4n) is 2.15. The molecule has 0 spiro atoms. The van der Waals surface area contributed by atoms with Crippen LogP contribution in [0.3, 0.4) is 0 Å². The third kappa shape index (κ3) is 3.67. The Bertz CT molecular complexity index is 515. The minimum atomic E-state index is -1.44. The number of aliphatic hydroxyl groups is 1. The zero-order valence-corrected chi connectivity index (χ0v) is 12.9. The van der Waals surface area contributed by atoms with Gasteiger partial charge in [-0.2, -0.15) is 0 Å². The predicted molar refractivity (Wildman–Crippen MR) is 76.3 cm³/mol. The molecule has 0 radical (unpaired) electrons. The molecule has 0 amide bonds. The minimum Gasteiger partial charge on any atom is -0.391 e. The van der Waals surface area contributed by atoms with Gasteiger partial charge in [-0.25, -0.2) is 4.79 Å². The number of esters is 2. The molecule has 0 unspecified atom stereocenters. The quantitative estimate of drug-likeness (QED) is 0.667. The molecule has 1 rings (SSSR count). The number of hydrogen-bond acceptors (Lipinski definition) is 4. The number of benzene rings is 1. The number of rotatable bonds is 2. The van der Waals surface area contributed by atoms with Crippen molar-refractivity contribution in [3.8, 4) is 0 Å². The van der Waals surface area contributed by atoms with Crippen molar-refractivity contribution in [2.24, 2.45) is 0 Å². The van der Waals surface area contributed by atoms with Crippen LogP contribution in [0, 0.1) is 13.8 Å². The third-order valence-corrected chi connectivity index (χ3v) is 3.20. The van der Waals surface area contributed by atoms with E-state index in [-0.39, 0.29) is 5.41 Å². The van der Waals surface area contributed by atoms with Crippen molar-refractivity contribution < 1.29 is 19.4 Å². The zero-order valence-electron chi connectivity index (χ0n) is 12.9. The summed E-state index contributed by atoms with van der Waals surface area (Å²) in [7, 11) is 0. The maximum absolute atomic E-state index is 11.6. The largest absolute Gasteiger partial charge is 0.391 e. The van der Waals surface area contributed by atoms with Crippen LogP contribution in [0.1, 0.15) is 56.1 Å². The Kier molecular flexibility index (Phi) is 4.71. The molecule has 4 heteroatoms. The maximum atomic E-state index is 11.6. The fourth-order valence-corrected chi connectivity index (χ4v) is 2.15. The van der Waals surface area contributed by atoms with Gasteiger partial charge in [0.25, 0.3) is 0 Å². The van der Waals surface area contributed by atoms with Crippen molar-refractivity contribution in [2.75, 3.05) is 0 Å². The van der Waals surface area contributed by atoms with Gasteiger partial charge in [-0.3, -0.25) is 4.79 Å². The molecule has 4 nitrogen and oxygen atoms in total. The molecule has 0 aromatic heterocycles. The Labute approximate surface area is 119 Å². The number of ether oxygens (including phenoxy) is 1. The molecule has 110 valence electrons. The van der Waals surface area contributed by atoms with Gasteiger partial charge in [0, 0.05) is 6.92 Å². The van der Waals surface area contributed by atoms with Crippen LogP contribution in [0.5, 0.6) is 0 Å². The summed E-state index contributed by atoms with van der Waals surface area (Å²) in [5.41, 5.74) is 3.23. The first-order valence-corrected chi connectivity index (χ1v) is 6.56. The van der Waals surface area contributed by atoms with Crippen molar-refractivity contribution in [2.45, 2.75) is 53.1 Å². The monoisotopic (exact) mass is 278 g/mol. The molecule has 0 aliphatic heterocycles. The van der Waals surface area contributed by atoms with E-state index in [2.05, 4.69) is 25.5 Å². The first kappa shape index (κ1) is 16.4. The first-order valence-electron chi connectivity index (χ1n) is 6.56. The van der Waals surface area contributed by atoms with E-state index in [0.29, 0.717) is 5.56 Å². The van der Waals surface area contributed by atoms with Crippen molar-refractivity contribution >= 4 is 11.9 Å². The van der Waals surface area contributed by atoms with Crippen LogP contribution in [-0.4, -0.2) is 17.0 Å². The Morgan fingerprint density at radius 1 is 1.15 bits per heavy atom. The van der Waals surface area contributed by atoms with E-state index in [9.17, 15) is 14.7 Å². The molecule has 0 bridgehead atoms. The van der Waals surface area contributed by atoms with Gasteiger partial charge in [-0.1, -0.05) is 32.9 Å². The van der Waals surface area contributed by atoms with Crippen LogP contribution < -0.4 is 0 Å². The van der Waals surface area contributed by atoms with Gasteiger partial charge in [-0.15, -0.1) is 0 Å². The summed E-state index contributed by atoms with van der Waals surface area (Å²) >= 11 is 0. The van der Waals surface area contributed by atoms with E-state index < -0.39 is 18.0 Å². The summed E-state index contributed by atoms with van der Waals surface area (Å²) in [5.74, 6) is -1.66. The summed E-state index contributed by atoms with van der Waals surface area (Å²) in [5, 5.41) is 10.1. The van der Waals surface area contributed by atoms with E-state index in [4.69, 9.17) is 0 Å². The van der Waals surface area contributed by atoms with Crippen LogP contribution in [0.25, 0.3) is 0 Å². The normalized spacial score (nSPS) is 12.9. The van der Waals surface area contributed by atoms with Crippen molar-refractivity contribution in [1.29, 1.82) is 0 Å². The van der Waals surface area contributed by atoms with Crippen LogP contribution >= 0.6 is 0 Å². The number of aryl methyl sites for hydroxylation is 2. The highest BCUT2D eigenvalue weighted by Crippen LogP contribution is 2.30. The molecule has 0 saturated heterocycles. The van der Waals surface area contributed by atoms with Gasteiger partial charge >= 0.3 is 11.9 Å². The highest BCUT2D eigenvalue weighted by atomic mass is 16.6. The Morgan fingerprint density at radius 2 is 1.60 bits per heavy atom.